The van der Waals surface area contributed by atoms with E-state index in [1.807, 2.05) is 30.3 Å². The lowest BCUT2D eigenvalue weighted by atomic mass is 10.1. The summed E-state index contributed by atoms with van der Waals surface area (Å²) in [5, 5.41) is 0. The van der Waals surface area contributed by atoms with E-state index >= 15 is 0 Å². The molecule has 88 valence electrons. The van der Waals surface area contributed by atoms with Crippen LogP contribution >= 0.6 is 0 Å². The molecule has 3 aromatic rings. The van der Waals surface area contributed by atoms with E-state index in [-0.39, 0.29) is 11.1 Å². The molecule has 5 heteroatoms. The van der Waals surface area contributed by atoms with E-state index in [9.17, 15) is 4.79 Å². The van der Waals surface area contributed by atoms with E-state index in [1.165, 1.54) is 6.33 Å². The van der Waals surface area contributed by atoms with Gasteiger partial charge in [0.05, 0.1) is 18.2 Å². The minimum Gasteiger partial charge on any atom is -0.311 e. The Kier molecular flexibility index (Phi) is 2.57. The topological polar surface area (TPSA) is 71.5 Å². The summed E-state index contributed by atoms with van der Waals surface area (Å²) in [6.45, 7) is 0. The average Bonchev–Trinajstić information content (AvgIpc) is 2.41. The molecule has 0 aliphatic carbocycles. The number of fused-ring (bicyclic) bond motifs is 1. The third-order valence-corrected chi connectivity index (χ3v) is 2.63. The summed E-state index contributed by atoms with van der Waals surface area (Å²) >= 11 is 0. The maximum absolute atomic E-state index is 11.6. The number of nitrogens with zero attached hydrogens (tertiary/aromatic N) is 3. The van der Waals surface area contributed by atoms with Crippen LogP contribution in [0.25, 0.3) is 11.2 Å². The molecule has 0 amide bonds. The van der Waals surface area contributed by atoms with Crippen LogP contribution in [0.15, 0.2) is 47.7 Å². The van der Waals surface area contributed by atoms with Crippen molar-refractivity contribution < 1.29 is 0 Å². The van der Waals surface area contributed by atoms with Crippen LogP contribution in [0, 0.1) is 0 Å². The molecule has 0 saturated heterocycles. The van der Waals surface area contributed by atoms with Gasteiger partial charge in [-0.2, -0.15) is 0 Å². The summed E-state index contributed by atoms with van der Waals surface area (Å²) in [6, 6.07) is 9.93. The quantitative estimate of drug-likeness (QED) is 0.730. The first-order valence-electron chi connectivity index (χ1n) is 5.56. The molecular weight excluding hydrogens is 228 g/mol. The van der Waals surface area contributed by atoms with Gasteiger partial charge in [-0.25, -0.2) is 15.0 Å². The smallest absolute Gasteiger partial charge is 0.278 e. The SMILES string of the molecule is O=c1[nH]cnc2ncc(Cc3ccccc3)nc12. The van der Waals surface area contributed by atoms with Crippen molar-refractivity contribution in [2.45, 2.75) is 6.42 Å². The molecule has 0 radical (unpaired) electrons. The van der Waals surface area contributed by atoms with E-state index < -0.39 is 0 Å². The molecule has 1 N–H and O–H groups in total. The number of aromatic amines is 1. The second-order valence-electron chi connectivity index (χ2n) is 3.93. The van der Waals surface area contributed by atoms with Crippen molar-refractivity contribution in [3.05, 3.63) is 64.5 Å². The zero-order valence-electron chi connectivity index (χ0n) is 9.50. The minimum atomic E-state index is -0.262. The fourth-order valence-electron chi connectivity index (χ4n) is 1.78. The third-order valence-electron chi connectivity index (χ3n) is 2.63. The molecule has 0 fully saturated rings. The maximum Gasteiger partial charge on any atom is 0.278 e. The molecule has 0 atom stereocenters. The lowest BCUT2D eigenvalue weighted by Gasteiger charge is -2.01. The summed E-state index contributed by atoms with van der Waals surface area (Å²) in [5.41, 5.74) is 2.28. The van der Waals surface area contributed by atoms with Gasteiger partial charge in [-0.3, -0.25) is 4.79 Å². The molecule has 0 bridgehead atoms. The molecule has 0 aliphatic heterocycles. The number of hydrogen-bond donors (Lipinski definition) is 1. The predicted molar refractivity (Wildman–Crippen MR) is 67.2 cm³/mol. The Morgan fingerprint density at radius 1 is 1.11 bits per heavy atom. The molecule has 0 saturated carbocycles. The minimum absolute atomic E-state index is 0.262. The summed E-state index contributed by atoms with van der Waals surface area (Å²) in [5.74, 6) is 0. The standard InChI is InChI=1S/C13H10N4O/c18-13-11-12(15-8-16-13)14-7-10(17-11)6-9-4-2-1-3-5-9/h1-5,7-8H,6H2,(H,14,15,16,18). The molecule has 0 spiro atoms. The van der Waals surface area contributed by atoms with Gasteiger partial charge in [0.15, 0.2) is 11.2 Å². The first kappa shape index (κ1) is 10.6. The number of H-pyrrole nitrogens is 1. The van der Waals surface area contributed by atoms with E-state index in [2.05, 4.69) is 19.9 Å². The van der Waals surface area contributed by atoms with Crippen molar-refractivity contribution >= 4 is 11.2 Å². The van der Waals surface area contributed by atoms with Crippen LogP contribution in [0.1, 0.15) is 11.3 Å². The number of benzene rings is 1. The van der Waals surface area contributed by atoms with Gasteiger partial charge in [-0.15, -0.1) is 0 Å². The van der Waals surface area contributed by atoms with Crippen molar-refractivity contribution in [2.75, 3.05) is 0 Å². The van der Waals surface area contributed by atoms with Crippen LogP contribution in [-0.4, -0.2) is 19.9 Å². The fourth-order valence-corrected chi connectivity index (χ4v) is 1.78. The molecule has 3 rings (SSSR count). The van der Waals surface area contributed by atoms with Gasteiger partial charge in [0, 0.05) is 6.42 Å². The van der Waals surface area contributed by atoms with Crippen molar-refractivity contribution in [3.63, 3.8) is 0 Å². The average molecular weight is 238 g/mol. The predicted octanol–water partition coefficient (Wildman–Crippen LogP) is 1.30. The highest BCUT2D eigenvalue weighted by Crippen LogP contribution is 2.07. The zero-order valence-corrected chi connectivity index (χ0v) is 9.50. The highest BCUT2D eigenvalue weighted by Gasteiger charge is 2.04. The maximum atomic E-state index is 11.6. The van der Waals surface area contributed by atoms with Gasteiger partial charge >= 0.3 is 0 Å². The van der Waals surface area contributed by atoms with Gasteiger partial charge in [0.25, 0.3) is 5.56 Å². The highest BCUT2D eigenvalue weighted by molar-refractivity contribution is 5.67. The monoisotopic (exact) mass is 238 g/mol. The van der Waals surface area contributed by atoms with E-state index in [0.717, 1.165) is 11.3 Å². The second kappa shape index (κ2) is 4.37. The lowest BCUT2D eigenvalue weighted by Crippen LogP contribution is -2.10. The van der Waals surface area contributed by atoms with Gasteiger partial charge in [-0.1, -0.05) is 30.3 Å². The summed E-state index contributed by atoms with van der Waals surface area (Å²) in [6.07, 6.45) is 3.64. The third kappa shape index (κ3) is 1.98. The van der Waals surface area contributed by atoms with Crippen LogP contribution in [-0.2, 0) is 6.42 Å². The summed E-state index contributed by atoms with van der Waals surface area (Å²) in [7, 11) is 0. The molecule has 0 aliphatic rings. The van der Waals surface area contributed by atoms with E-state index in [1.54, 1.807) is 6.20 Å². The first-order chi connectivity index (χ1) is 8.83. The second-order valence-corrected chi connectivity index (χ2v) is 3.93. The normalized spacial score (nSPS) is 10.7. The molecule has 18 heavy (non-hydrogen) atoms. The van der Waals surface area contributed by atoms with Gasteiger partial charge < -0.3 is 4.98 Å². The first-order valence-corrected chi connectivity index (χ1v) is 5.56. The van der Waals surface area contributed by atoms with Crippen molar-refractivity contribution in [1.29, 1.82) is 0 Å². The lowest BCUT2D eigenvalue weighted by molar-refractivity contribution is 1.03. The fraction of sp³-hybridized carbons (Fsp3) is 0.0769. The molecule has 2 aromatic heterocycles. The molecule has 1 aromatic carbocycles. The van der Waals surface area contributed by atoms with Crippen LogP contribution < -0.4 is 5.56 Å². The molecule has 2 heterocycles. The van der Waals surface area contributed by atoms with E-state index in [0.29, 0.717) is 12.1 Å². The van der Waals surface area contributed by atoms with Crippen molar-refractivity contribution in [1.82, 2.24) is 19.9 Å². The molecule has 5 nitrogen and oxygen atoms in total. The van der Waals surface area contributed by atoms with Gasteiger partial charge in [0.1, 0.15) is 0 Å². The summed E-state index contributed by atoms with van der Waals surface area (Å²) < 4.78 is 0. The number of rotatable bonds is 2. The van der Waals surface area contributed by atoms with Crippen LogP contribution in [0.2, 0.25) is 0 Å². The highest BCUT2D eigenvalue weighted by atomic mass is 16.1. The number of aromatic nitrogens is 4. The molecule has 0 unspecified atom stereocenters. The Bertz CT molecular complexity index is 737. The number of hydrogen-bond acceptors (Lipinski definition) is 4. The van der Waals surface area contributed by atoms with Crippen LogP contribution in [0.3, 0.4) is 0 Å². The Morgan fingerprint density at radius 2 is 1.94 bits per heavy atom. The van der Waals surface area contributed by atoms with Gasteiger partial charge in [-0.05, 0) is 5.56 Å². The zero-order chi connectivity index (χ0) is 12.4. The van der Waals surface area contributed by atoms with E-state index in [4.69, 9.17) is 0 Å². The Hall–Kier alpha value is -2.56. The van der Waals surface area contributed by atoms with Crippen molar-refractivity contribution in [2.24, 2.45) is 0 Å². The molecular formula is C13H10N4O. The Labute approximate surface area is 103 Å². The number of nitrogens with one attached hydrogen (secondary N) is 1. The summed E-state index contributed by atoms with van der Waals surface area (Å²) in [4.78, 5) is 26.5. The van der Waals surface area contributed by atoms with Crippen molar-refractivity contribution in [3.8, 4) is 0 Å². The Balaban J connectivity index is 2.04. The van der Waals surface area contributed by atoms with Crippen LogP contribution in [0.5, 0.6) is 0 Å². The van der Waals surface area contributed by atoms with Crippen LogP contribution in [0.4, 0.5) is 0 Å². The van der Waals surface area contributed by atoms with Gasteiger partial charge in [0.2, 0.25) is 0 Å². The largest absolute Gasteiger partial charge is 0.311 e. The Morgan fingerprint density at radius 3 is 2.78 bits per heavy atom.